The van der Waals surface area contributed by atoms with Crippen molar-refractivity contribution in [1.29, 1.82) is 0 Å². The highest BCUT2D eigenvalue weighted by atomic mass is 19.4. The Morgan fingerprint density at radius 3 is 2.32 bits per heavy atom. The largest absolute Gasteiger partial charge is 0.471 e. The van der Waals surface area contributed by atoms with E-state index in [2.05, 4.69) is 14.7 Å². The number of benzene rings is 1. The van der Waals surface area contributed by atoms with Crippen LogP contribution in [0.1, 0.15) is 28.4 Å². The molecule has 11 heteroatoms. The van der Waals surface area contributed by atoms with Crippen LogP contribution in [0.25, 0.3) is 11.4 Å². The molecule has 0 N–H and O–H groups in total. The number of furan rings is 1. The Balaban J connectivity index is 1.76. The van der Waals surface area contributed by atoms with Crippen LogP contribution >= 0.6 is 0 Å². The van der Waals surface area contributed by atoms with Crippen LogP contribution in [-0.2, 0) is 17.4 Å². The van der Waals surface area contributed by atoms with Crippen molar-refractivity contribution in [3.8, 4) is 11.4 Å². The van der Waals surface area contributed by atoms with Gasteiger partial charge in [-0.25, -0.2) is 8.78 Å². The van der Waals surface area contributed by atoms with Gasteiger partial charge < -0.3 is 8.94 Å². The van der Waals surface area contributed by atoms with Crippen LogP contribution in [0, 0.1) is 11.6 Å². The first-order chi connectivity index (χ1) is 13.2. The highest BCUT2D eigenvalue weighted by molar-refractivity contribution is 6.42. The van der Waals surface area contributed by atoms with E-state index >= 15 is 0 Å². The lowest BCUT2D eigenvalue weighted by Crippen LogP contribution is -2.15. The second kappa shape index (κ2) is 7.33. The van der Waals surface area contributed by atoms with E-state index < -0.39 is 59.5 Å². The van der Waals surface area contributed by atoms with Gasteiger partial charge in [-0.15, -0.1) is 0 Å². The monoisotopic (exact) mass is 400 g/mol. The fraction of sp³-hybridized carbons (Fsp3) is 0.176. The van der Waals surface area contributed by atoms with Crippen molar-refractivity contribution in [1.82, 2.24) is 10.1 Å². The number of aromatic nitrogens is 2. The molecule has 0 saturated heterocycles. The number of carbonyl (C=O) groups excluding carboxylic acids is 2. The molecule has 3 rings (SSSR count). The highest BCUT2D eigenvalue weighted by Gasteiger charge is 2.38. The summed E-state index contributed by atoms with van der Waals surface area (Å²) in [5.41, 5.74) is -0.889. The summed E-state index contributed by atoms with van der Waals surface area (Å²) in [4.78, 5) is 26.6. The van der Waals surface area contributed by atoms with E-state index in [9.17, 15) is 31.5 Å². The highest BCUT2D eigenvalue weighted by Crippen LogP contribution is 2.30. The number of Topliss-reactive ketones (excluding diaryl/α,β-unsaturated/α-hetero) is 2. The quantitative estimate of drug-likeness (QED) is 0.353. The van der Waals surface area contributed by atoms with Gasteiger partial charge in [0.2, 0.25) is 11.6 Å². The lowest BCUT2D eigenvalue weighted by molar-refractivity contribution is -0.159. The minimum absolute atomic E-state index is 0.195. The number of carbonyl (C=O) groups is 2. The molecule has 0 aliphatic rings. The molecule has 1 aromatic carbocycles. The van der Waals surface area contributed by atoms with Crippen LogP contribution in [0.2, 0.25) is 0 Å². The zero-order valence-electron chi connectivity index (χ0n) is 13.7. The normalized spacial score (nSPS) is 11.6. The Kier molecular flexibility index (Phi) is 5.08. The van der Waals surface area contributed by atoms with Crippen molar-refractivity contribution in [2.24, 2.45) is 0 Å². The summed E-state index contributed by atoms with van der Waals surface area (Å²) in [5.74, 6) is -6.62. The van der Waals surface area contributed by atoms with Gasteiger partial charge in [-0.1, -0.05) is 5.16 Å². The predicted octanol–water partition coefficient (Wildman–Crippen LogP) is 4.01. The third-order valence-corrected chi connectivity index (χ3v) is 3.67. The van der Waals surface area contributed by atoms with Crippen LogP contribution in [0.5, 0.6) is 0 Å². The van der Waals surface area contributed by atoms with Gasteiger partial charge in [0.05, 0.1) is 6.26 Å². The smallest absolute Gasteiger partial charge is 0.461 e. The fourth-order valence-electron chi connectivity index (χ4n) is 2.32. The summed E-state index contributed by atoms with van der Waals surface area (Å²) in [5, 5.41) is 3.04. The number of hydrogen-bond donors (Lipinski definition) is 0. The van der Waals surface area contributed by atoms with Gasteiger partial charge in [-0.2, -0.15) is 18.2 Å². The van der Waals surface area contributed by atoms with E-state index in [0.717, 1.165) is 0 Å². The first kappa shape index (κ1) is 19.4. The second-order valence-corrected chi connectivity index (χ2v) is 5.57. The minimum Gasteiger partial charge on any atom is -0.461 e. The standard InChI is InChI=1S/C17H9F5N2O4/c18-10-6-8(15-23-16(28-24-15)17(20,21)22)7-11(19)9(10)3-4-12(25)14(26)13-2-1-5-27-13/h1-2,5-7H,3-4H2. The number of halogens is 5. The zero-order valence-corrected chi connectivity index (χ0v) is 13.7. The van der Waals surface area contributed by atoms with Crippen LogP contribution in [0.4, 0.5) is 22.0 Å². The Morgan fingerprint density at radius 2 is 1.79 bits per heavy atom. The zero-order chi connectivity index (χ0) is 20.5. The number of hydrogen-bond acceptors (Lipinski definition) is 6. The van der Waals surface area contributed by atoms with Gasteiger partial charge in [0.1, 0.15) is 11.6 Å². The molecule has 0 aliphatic heterocycles. The number of nitrogens with zero attached hydrogens (tertiary/aromatic N) is 2. The average molecular weight is 400 g/mol. The molecule has 2 aromatic heterocycles. The van der Waals surface area contributed by atoms with E-state index in [1.54, 1.807) is 0 Å². The van der Waals surface area contributed by atoms with Crippen molar-refractivity contribution in [3.05, 3.63) is 59.4 Å². The Bertz CT molecular complexity index is 1000. The summed E-state index contributed by atoms with van der Waals surface area (Å²) in [6.07, 6.45) is -4.64. The maximum atomic E-state index is 14.2. The molecule has 146 valence electrons. The first-order valence-corrected chi connectivity index (χ1v) is 7.67. The summed E-state index contributed by atoms with van der Waals surface area (Å²) in [7, 11) is 0. The average Bonchev–Trinajstić information content (AvgIpc) is 3.31. The summed E-state index contributed by atoms with van der Waals surface area (Å²) < 4.78 is 74.6. The van der Waals surface area contributed by atoms with Gasteiger partial charge in [0.15, 0.2) is 5.76 Å². The number of alkyl halides is 3. The molecule has 3 aromatic rings. The lowest BCUT2D eigenvalue weighted by atomic mass is 10.0. The van der Waals surface area contributed by atoms with Gasteiger partial charge in [-0.05, 0) is 30.7 Å². The SMILES string of the molecule is O=C(CCc1c(F)cc(-c2noc(C(F)(F)F)n2)cc1F)C(=O)c1ccco1. The molecule has 0 amide bonds. The molecule has 0 aliphatic carbocycles. The molecule has 0 atom stereocenters. The Hall–Kier alpha value is -3.37. The van der Waals surface area contributed by atoms with Crippen molar-refractivity contribution >= 4 is 11.6 Å². The topological polar surface area (TPSA) is 86.2 Å². The lowest BCUT2D eigenvalue weighted by Gasteiger charge is -2.06. The van der Waals surface area contributed by atoms with Crippen LogP contribution in [0.15, 0.2) is 39.5 Å². The fourth-order valence-corrected chi connectivity index (χ4v) is 2.32. The molecular weight excluding hydrogens is 391 g/mol. The molecule has 0 saturated carbocycles. The third kappa shape index (κ3) is 3.97. The maximum Gasteiger partial charge on any atom is 0.471 e. The molecule has 2 heterocycles. The molecule has 0 unspecified atom stereocenters. The van der Waals surface area contributed by atoms with Gasteiger partial charge in [0.25, 0.3) is 5.78 Å². The van der Waals surface area contributed by atoms with E-state index in [1.165, 1.54) is 18.4 Å². The van der Waals surface area contributed by atoms with Crippen molar-refractivity contribution < 1.29 is 40.5 Å². The van der Waals surface area contributed by atoms with Crippen LogP contribution < -0.4 is 0 Å². The number of ketones is 2. The molecule has 6 nitrogen and oxygen atoms in total. The summed E-state index contributed by atoms with van der Waals surface area (Å²) in [6, 6.07) is 4.10. The van der Waals surface area contributed by atoms with Gasteiger partial charge in [0, 0.05) is 17.5 Å². The van der Waals surface area contributed by atoms with Crippen molar-refractivity contribution in [2.75, 3.05) is 0 Å². The summed E-state index contributed by atoms with van der Waals surface area (Å²) >= 11 is 0. The minimum atomic E-state index is -4.90. The van der Waals surface area contributed by atoms with Crippen molar-refractivity contribution in [2.45, 2.75) is 19.0 Å². The van der Waals surface area contributed by atoms with Gasteiger partial charge in [-0.3, -0.25) is 9.59 Å². The van der Waals surface area contributed by atoms with E-state index in [4.69, 9.17) is 4.42 Å². The Labute approximate surface area is 153 Å². The molecule has 28 heavy (non-hydrogen) atoms. The third-order valence-electron chi connectivity index (χ3n) is 3.67. The van der Waals surface area contributed by atoms with E-state index in [0.29, 0.717) is 12.1 Å². The van der Waals surface area contributed by atoms with Crippen LogP contribution in [0.3, 0.4) is 0 Å². The molecule has 0 spiro atoms. The molecule has 0 bridgehead atoms. The van der Waals surface area contributed by atoms with E-state index in [1.807, 2.05) is 0 Å². The van der Waals surface area contributed by atoms with Crippen molar-refractivity contribution in [3.63, 3.8) is 0 Å². The second-order valence-electron chi connectivity index (χ2n) is 5.57. The van der Waals surface area contributed by atoms with Gasteiger partial charge >= 0.3 is 12.1 Å². The first-order valence-electron chi connectivity index (χ1n) is 7.67. The predicted molar refractivity (Wildman–Crippen MR) is 81.0 cm³/mol. The number of rotatable bonds is 6. The molecular formula is C17H9F5N2O4. The maximum absolute atomic E-state index is 14.2. The molecule has 0 radical (unpaired) electrons. The van der Waals surface area contributed by atoms with E-state index in [-0.39, 0.29) is 11.3 Å². The van der Waals surface area contributed by atoms with Crippen LogP contribution in [-0.4, -0.2) is 21.7 Å². The Morgan fingerprint density at radius 1 is 1.11 bits per heavy atom. The summed E-state index contributed by atoms with van der Waals surface area (Å²) in [6.45, 7) is 0. The molecule has 0 fully saturated rings.